The van der Waals surface area contributed by atoms with Gasteiger partial charge in [-0.2, -0.15) is 0 Å². The van der Waals surface area contributed by atoms with Crippen LogP contribution in [0.4, 0.5) is 20.2 Å². The fourth-order valence-corrected chi connectivity index (χ4v) is 1.88. The van der Waals surface area contributed by atoms with E-state index in [9.17, 15) is 13.6 Å². The molecule has 0 aliphatic heterocycles. The smallest absolute Gasteiger partial charge is 0.243 e. The van der Waals surface area contributed by atoms with Crippen LogP contribution in [0.5, 0.6) is 0 Å². The summed E-state index contributed by atoms with van der Waals surface area (Å²) < 4.78 is 26.3. The normalized spacial score (nSPS) is 10.3. The summed E-state index contributed by atoms with van der Waals surface area (Å²) in [5.74, 6) is -0.991. The fraction of sp³-hybridized carbons (Fsp3) is 0.188. The van der Waals surface area contributed by atoms with Gasteiger partial charge in [-0.15, -0.1) is 0 Å². The van der Waals surface area contributed by atoms with Gasteiger partial charge in [0.05, 0.1) is 6.54 Å². The van der Waals surface area contributed by atoms with Crippen LogP contribution in [0, 0.1) is 25.5 Å². The lowest BCUT2D eigenvalue weighted by molar-refractivity contribution is -0.114. The fourth-order valence-electron chi connectivity index (χ4n) is 1.88. The van der Waals surface area contributed by atoms with Crippen LogP contribution in [0.15, 0.2) is 36.4 Å². The number of rotatable bonds is 4. The molecule has 0 spiro atoms. The van der Waals surface area contributed by atoms with E-state index in [1.54, 1.807) is 32.0 Å². The predicted molar refractivity (Wildman–Crippen MR) is 79.4 cm³/mol. The van der Waals surface area contributed by atoms with Gasteiger partial charge in [0.2, 0.25) is 5.91 Å². The van der Waals surface area contributed by atoms with Crippen molar-refractivity contribution >= 4 is 17.3 Å². The van der Waals surface area contributed by atoms with Gasteiger partial charge in [-0.25, -0.2) is 8.78 Å². The standard InChI is InChI=1S/C16H16F2N2O/c1-10-3-5-13(8-14(10)18)20-16(21)9-19-15-6-4-12(17)7-11(15)2/h3-8,19H,9H2,1-2H3,(H,20,21). The van der Waals surface area contributed by atoms with Crippen LogP contribution < -0.4 is 10.6 Å². The number of amides is 1. The highest BCUT2D eigenvalue weighted by Crippen LogP contribution is 2.16. The Morgan fingerprint density at radius 2 is 1.81 bits per heavy atom. The van der Waals surface area contributed by atoms with Gasteiger partial charge < -0.3 is 10.6 Å². The van der Waals surface area contributed by atoms with Crippen molar-refractivity contribution in [2.45, 2.75) is 13.8 Å². The first-order chi connectivity index (χ1) is 9.95. The molecule has 0 saturated heterocycles. The molecule has 0 atom stereocenters. The lowest BCUT2D eigenvalue weighted by Gasteiger charge is -2.10. The van der Waals surface area contributed by atoms with E-state index in [2.05, 4.69) is 10.6 Å². The number of carbonyl (C=O) groups excluding carboxylic acids is 1. The summed E-state index contributed by atoms with van der Waals surface area (Å²) in [4.78, 5) is 11.8. The van der Waals surface area contributed by atoms with Gasteiger partial charge in [-0.05, 0) is 55.3 Å². The van der Waals surface area contributed by atoms with Crippen molar-refractivity contribution in [3.63, 3.8) is 0 Å². The molecule has 0 heterocycles. The van der Waals surface area contributed by atoms with Gasteiger partial charge in [0.25, 0.3) is 0 Å². The van der Waals surface area contributed by atoms with Crippen molar-refractivity contribution < 1.29 is 13.6 Å². The van der Waals surface area contributed by atoms with Gasteiger partial charge in [-0.1, -0.05) is 6.07 Å². The van der Waals surface area contributed by atoms with Crippen molar-refractivity contribution in [1.29, 1.82) is 0 Å². The Morgan fingerprint density at radius 3 is 2.48 bits per heavy atom. The van der Waals surface area contributed by atoms with Gasteiger partial charge >= 0.3 is 0 Å². The molecule has 2 N–H and O–H groups in total. The number of nitrogens with one attached hydrogen (secondary N) is 2. The molecule has 3 nitrogen and oxygen atoms in total. The first-order valence-corrected chi connectivity index (χ1v) is 6.52. The molecular formula is C16H16F2N2O. The number of halogens is 2. The average molecular weight is 290 g/mol. The van der Waals surface area contributed by atoms with Crippen molar-refractivity contribution in [2.24, 2.45) is 0 Å². The van der Waals surface area contributed by atoms with E-state index in [-0.39, 0.29) is 24.1 Å². The number of hydrogen-bond acceptors (Lipinski definition) is 2. The molecule has 2 aromatic carbocycles. The highest BCUT2D eigenvalue weighted by atomic mass is 19.1. The minimum atomic E-state index is -0.366. The van der Waals surface area contributed by atoms with Gasteiger partial charge in [0.15, 0.2) is 0 Å². The van der Waals surface area contributed by atoms with Crippen molar-refractivity contribution in [2.75, 3.05) is 17.2 Å². The zero-order valence-corrected chi connectivity index (χ0v) is 11.8. The van der Waals surface area contributed by atoms with Gasteiger partial charge in [0.1, 0.15) is 11.6 Å². The summed E-state index contributed by atoms with van der Waals surface area (Å²) in [5, 5.41) is 5.51. The third kappa shape index (κ3) is 4.02. The zero-order valence-electron chi connectivity index (χ0n) is 11.8. The van der Waals surface area contributed by atoms with Crippen LogP contribution >= 0.6 is 0 Å². The van der Waals surface area contributed by atoms with E-state index in [1.807, 2.05) is 0 Å². The molecule has 2 rings (SSSR count). The Bertz CT molecular complexity index is 671. The van der Waals surface area contributed by atoms with Crippen LogP contribution in [0.3, 0.4) is 0 Å². The Labute approximate surface area is 122 Å². The Hall–Kier alpha value is -2.43. The summed E-state index contributed by atoms with van der Waals surface area (Å²) in [7, 11) is 0. The van der Waals surface area contributed by atoms with E-state index in [0.29, 0.717) is 22.5 Å². The first-order valence-electron chi connectivity index (χ1n) is 6.52. The first kappa shape index (κ1) is 15.0. The second kappa shape index (κ2) is 6.35. The summed E-state index contributed by atoms with van der Waals surface area (Å²) in [5.41, 5.74) is 2.32. The maximum absolute atomic E-state index is 13.4. The molecule has 0 aliphatic rings. The van der Waals surface area contributed by atoms with Gasteiger partial charge in [0, 0.05) is 11.4 Å². The quantitative estimate of drug-likeness (QED) is 0.902. The predicted octanol–water partition coefficient (Wildman–Crippen LogP) is 3.63. The Morgan fingerprint density at radius 1 is 1.05 bits per heavy atom. The molecular weight excluding hydrogens is 274 g/mol. The van der Waals surface area contributed by atoms with Crippen LogP contribution in [0.2, 0.25) is 0 Å². The van der Waals surface area contributed by atoms with Crippen LogP contribution in [-0.2, 0) is 4.79 Å². The van der Waals surface area contributed by atoms with Crippen molar-refractivity contribution in [3.05, 3.63) is 59.2 Å². The zero-order chi connectivity index (χ0) is 15.4. The number of carbonyl (C=O) groups is 1. The molecule has 21 heavy (non-hydrogen) atoms. The second-order valence-electron chi connectivity index (χ2n) is 4.82. The molecule has 2 aromatic rings. The average Bonchev–Trinajstić information content (AvgIpc) is 2.42. The Kier molecular flexibility index (Phi) is 4.52. The van der Waals surface area contributed by atoms with E-state index >= 15 is 0 Å². The van der Waals surface area contributed by atoms with Gasteiger partial charge in [-0.3, -0.25) is 4.79 Å². The number of hydrogen-bond donors (Lipinski definition) is 2. The maximum atomic E-state index is 13.4. The largest absolute Gasteiger partial charge is 0.376 e. The molecule has 5 heteroatoms. The monoisotopic (exact) mass is 290 g/mol. The molecule has 0 fully saturated rings. The molecule has 0 aromatic heterocycles. The SMILES string of the molecule is Cc1ccc(NC(=O)CNc2ccc(F)cc2C)cc1F. The van der Waals surface area contributed by atoms with Crippen LogP contribution in [0.1, 0.15) is 11.1 Å². The van der Waals surface area contributed by atoms with Crippen molar-refractivity contribution in [1.82, 2.24) is 0 Å². The molecule has 0 radical (unpaired) electrons. The van der Waals surface area contributed by atoms with E-state index in [1.165, 1.54) is 18.2 Å². The number of anilines is 2. The lowest BCUT2D eigenvalue weighted by atomic mass is 10.2. The lowest BCUT2D eigenvalue weighted by Crippen LogP contribution is -2.22. The summed E-state index contributed by atoms with van der Waals surface area (Å²) in [6.07, 6.45) is 0. The molecule has 110 valence electrons. The van der Waals surface area contributed by atoms with Crippen molar-refractivity contribution in [3.8, 4) is 0 Å². The minimum Gasteiger partial charge on any atom is -0.376 e. The Balaban J connectivity index is 1.94. The third-order valence-electron chi connectivity index (χ3n) is 3.08. The number of aryl methyl sites for hydroxylation is 2. The second-order valence-corrected chi connectivity index (χ2v) is 4.82. The highest BCUT2D eigenvalue weighted by molar-refractivity contribution is 5.93. The molecule has 1 amide bonds. The molecule has 0 aliphatic carbocycles. The number of benzene rings is 2. The molecule has 0 bridgehead atoms. The van der Waals surface area contributed by atoms with Crippen LogP contribution in [0.25, 0.3) is 0 Å². The summed E-state index contributed by atoms with van der Waals surface area (Å²) >= 11 is 0. The van der Waals surface area contributed by atoms with Crippen LogP contribution in [-0.4, -0.2) is 12.5 Å². The minimum absolute atomic E-state index is 0.0158. The summed E-state index contributed by atoms with van der Waals surface area (Å²) in [6, 6.07) is 8.79. The van der Waals surface area contributed by atoms with E-state index in [4.69, 9.17) is 0 Å². The highest BCUT2D eigenvalue weighted by Gasteiger charge is 2.06. The maximum Gasteiger partial charge on any atom is 0.243 e. The topological polar surface area (TPSA) is 41.1 Å². The van der Waals surface area contributed by atoms with E-state index in [0.717, 1.165) is 0 Å². The van der Waals surface area contributed by atoms with E-state index < -0.39 is 0 Å². The molecule has 0 unspecified atom stereocenters. The molecule has 0 saturated carbocycles. The summed E-state index contributed by atoms with van der Waals surface area (Å²) in [6.45, 7) is 3.42. The third-order valence-corrected chi connectivity index (χ3v) is 3.08.